The number of nitrogen functional groups attached to an aromatic ring is 1. The molecule has 0 spiro atoms. The van der Waals surface area contributed by atoms with Gasteiger partial charge in [-0.1, -0.05) is 25.4 Å². The van der Waals surface area contributed by atoms with E-state index in [1.165, 1.54) is 4.88 Å². The van der Waals surface area contributed by atoms with Crippen molar-refractivity contribution < 1.29 is 0 Å². The largest absolute Gasteiger partial charge is 0.399 e. The molecule has 0 aliphatic carbocycles. The highest BCUT2D eigenvalue weighted by Crippen LogP contribution is 2.26. The van der Waals surface area contributed by atoms with Crippen molar-refractivity contribution in [3.05, 3.63) is 45.4 Å². The molecule has 5 heteroatoms. The fourth-order valence-corrected chi connectivity index (χ4v) is 3.63. The van der Waals surface area contributed by atoms with Crippen molar-refractivity contribution in [2.75, 3.05) is 5.73 Å². The van der Waals surface area contributed by atoms with Crippen LogP contribution in [0, 0.1) is 0 Å². The number of nitrogens with zero attached hydrogens (tertiary/aromatic N) is 2. The lowest BCUT2D eigenvalue weighted by molar-refractivity contribution is 0.637. The van der Waals surface area contributed by atoms with Crippen LogP contribution in [0.1, 0.15) is 30.5 Å². The highest BCUT2D eigenvalue weighted by atomic mass is 35.5. The second kappa shape index (κ2) is 5.70. The van der Waals surface area contributed by atoms with Gasteiger partial charge in [-0.3, -0.25) is 0 Å². The van der Waals surface area contributed by atoms with Gasteiger partial charge in [-0.25, -0.2) is 4.98 Å². The zero-order chi connectivity index (χ0) is 15.0. The Kier molecular flexibility index (Phi) is 3.91. The molecule has 0 aliphatic heterocycles. The van der Waals surface area contributed by atoms with Gasteiger partial charge in [0, 0.05) is 23.0 Å². The molecular formula is C16H18ClN3S. The average molecular weight is 320 g/mol. The van der Waals surface area contributed by atoms with Crippen LogP contribution in [0.3, 0.4) is 0 Å². The topological polar surface area (TPSA) is 43.8 Å². The fraction of sp³-hybridized carbons (Fsp3) is 0.312. The zero-order valence-electron chi connectivity index (χ0n) is 12.1. The first-order chi connectivity index (χ1) is 10.0. The first-order valence-electron chi connectivity index (χ1n) is 7.04. The van der Waals surface area contributed by atoms with Crippen LogP contribution in [0.2, 0.25) is 4.34 Å². The van der Waals surface area contributed by atoms with Crippen molar-refractivity contribution in [2.24, 2.45) is 0 Å². The van der Waals surface area contributed by atoms with Crippen LogP contribution >= 0.6 is 22.9 Å². The van der Waals surface area contributed by atoms with Crippen molar-refractivity contribution in [1.82, 2.24) is 9.55 Å². The van der Waals surface area contributed by atoms with Gasteiger partial charge < -0.3 is 10.3 Å². The molecule has 0 atom stereocenters. The molecule has 0 bridgehead atoms. The van der Waals surface area contributed by atoms with Crippen LogP contribution in [0.25, 0.3) is 11.0 Å². The number of fused-ring (bicyclic) bond motifs is 1. The third-order valence-electron chi connectivity index (χ3n) is 3.53. The molecule has 2 N–H and O–H groups in total. The van der Waals surface area contributed by atoms with E-state index in [1.54, 1.807) is 11.3 Å². The van der Waals surface area contributed by atoms with E-state index >= 15 is 0 Å². The lowest BCUT2D eigenvalue weighted by Crippen LogP contribution is -2.07. The summed E-state index contributed by atoms with van der Waals surface area (Å²) in [5.74, 6) is 1.49. The summed E-state index contributed by atoms with van der Waals surface area (Å²) in [5.41, 5.74) is 8.75. The quantitative estimate of drug-likeness (QED) is 0.708. The van der Waals surface area contributed by atoms with Crippen molar-refractivity contribution >= 4 is 39.7 Å². The van der Waals surface area contributed by atoms with Crippen molar-refractivity contribution in [3.63, 3.8) is 0 Å². The number of aromatic nitrogens is 2. The second-order valence-corrected chi connectivity index (χ2v) is 7.28. The Morgan fingerprint density at radius 1 is 1.29 bits per heavy atom. The third kappa shape index (κ3) is 2.92. The monoisotopic (exact) mass is 319 g/mol. The maximum absolute atomic E-state index is 6.00. The van der Waals surface area contributed by atoms with Gasteiger partial charge in [0.15, 0.2) is 0 Å². The minimum atomic E-state index is 0.380. The number of hydrogen-bond acceptors (Lipinski definition) is 3. The highest BCUT2D eigenvalue weighted by Gasteiger charge is 2.14. The number of thiophene rings is 1. The van der Waals surface area contributed by atoms with Crippen LogP contribution in [-0.4, -0.2) is 9.55 Å². The molecular weight excluding hydrogens is 302 g/mol. The summed E-state index contributed by atoms with van der Waals surface area (Å²) in [7, 11) is 0. The number of anilines is 1. The Labute approximate surface area is 133 Å². The van der Waals surface area contributed by atoms with Gasteiger partial charge >= 0.3 is 0 Å². The molecule has 110 valence electrons. The Hall–Kier alpha value is -1.52. The summed E-state index contributed by atoms with van der Waals surface area (Å²) in [6.45, 7) is 5.25. The van der Waals surface area contributed by atoms with Gasteiger partial charge in [0.1, 0.15) is 5.82 Å². The van der Waals surface area contributed by atoms with Gasteiger partial charge in [0.25, 0.3) is 0 Å². The molecule has 2 heterocycles. The molecule has 0 radical (unpaired) electrons. The van der Waals surface area contributed by atoms with Gasteiger partial charge in [-0.05, 0) is 36.8 Å². The van der Waals surface area contributed by atoms with Gasteiger partial charge in [0.05, 0.1) is 15.4 Å². The molecule has 2 aromatic heterocycles. The molecule has 3 nitrogen and oxygen atoms in total. The predicted molar refractivity (Wildman–Crippen MR) is 91.3 cm³/mol. The summed E-state index contributed by atoms with van der Waals surface area (Å²) in [4.78, 5) is 6.05. The van der Waals surface area contributed by atoms with E-state index in [-0.39, 0.29) is 0 Å². The van der Waals surface area contributed by atoms with Crippen molar-refractivity contribution in [1.29, 1.82) is 0 Å². The molecule has 0 amide bonds. The molecule has 3 aromatic rings. The molecule has 0 saturated heterocycles. The number of hydrogen-bond donors (Lipinski definition) is 1. The van der Waals surface area contributed by atoms with Crippen molar-refractivity contribution in [2.45, 2.75) is 32.7 Å². The Morgan fingerprint density at radius 3 is 2.76 bits per heavy atom. The Bertz CT molecular complexity index is 773. The smallest absolute Gasteiger partial charge is 0.112 e. The number of aryl methyl sites for hydroxylation is 2. The standard InChI is InChI=1S/C16H18ClN3S/c1-10(2)16-19-13-9-11(18)3-5-14(13)20(16)8-7-12-4-6-15(17)21-12/h3-6,9-10H,7-8,18H2,1-2H3. The lowest BCUT2D eigenvalue weighted by Gasteiger charge is -2.10. The fourth-order valence-electron chi connectivity index (χ4n) is 2.55. The third-order valence-corrected chi connectivity index (χ3v) is 4.82. The summed E-state index contributed by atoms with van der Waals surface area (Å²) < 4.78 is 3.14. The minimum absolute atomic E-state index is 0.380. The summed E-state index contributed by atoms with van der Waals surface area (Å²) >= 11 is 7.64. The Balaban J connectivity index is 1.97. The van der Waals surface area contributed by atoms with Crippen molar-refractivity contribution in [3.8, 4) is 0 Å². The van der Waals surface area contributed by atoms with Gasteiger partial charge in [-0.15, -0.1) is 11.3 Å². The molecule has 0 saturated carbocycles. The highest BCUT2D eigenvalue weighted by molar-refractivity contribution is 7.16. The molecule has 0 unspecified atom stereocenters. The normalized spacial score (nSPS) is 11.6. The van der Waals surface area contributed by atoms with E-state index in [2.05, 4.69) is 30.5 Å². The summed E-state index contributed by atoms with van der Waals surface area (Å²) in [6, 6.07) is 9.99. The van der Waals surface area contributed by atoms with E-state index in [0.717, 1.165) is 39.8 Å². The van der Waals surface area contributed by atoms with Crippen LogP contribution in [0.15, 0.2) is 30.3 Å². The van der Waals surface area contributed by atoms with Crippen LogP contribution in [-0.2, 0) is 13.0 Å². The number of nitrogens with two attached hydrogens (primary N) is 1. The molecule has 0 fully saturated rings. The van der Waals surface area contributed by atoms with Gasteiger partial charge in [-0.2, -0.15) is 0 Å². The predicted octanol–water partition coefficient (Wildman–Crippen LogP) is 4.70. The molecule has 21 heavy (non-hydrogen) atoms. The maximum Gasteiger partial charge on any atom is 0.112 e. The Morgan fingerprint density at radius 2 is 2.10 bits per heavy atom. The second-order valence-electron chi connectivity index (χ2n) is 5.48. The number of imidazole rings is 1. The summed E-state index contributed by atoms with van der Waals surface area (Å²) in [6.07, 6.45) is 0.965. The maximum atomic E-state index is 6.00. The first-order valence-corrected chi connectivity index (χ1v) is 8.24. The van der Waals surface area contributed by atoms with E-state index in [9.17, 15) is 0 Å². The molecule has 1 aromatic carbocycles. The minimum Gasteiger partial charge on any atom is -0.399 e. The van der Waals surface area contributed by atoms with E-state index in [4.69, 9.17) is 22.3 Å². The number of benzene rings is 1. The van der Waals surface area contributed by atoms with Crippen LogP contribution < -0.4 is 5.73 Å². The lowest BCUT2D eigenvalue weighted by atomic mass is 10.2. The first kappa shape index (κ1) is 14.4. The van der Waals surface area contributed by atoms with E-state index < -0.39 is 0 Å². The SMILES string of the molecule is CC(C)c1nc2cc(N)ccc2n1CCc1ccc(Cl)s1. The van der Waals surface area contributed by atoms with Crippen LogP contribution in [0.5, 0.6) is 0 Å². The van der Waals surface area contributed by atoms with E-state index in [1.807, 2.05) is 18.2 Å². The molecule has 3 rings (SSSR count). The van der Waals surface area contributed by atoms with Gasteiger partial charge in [0.2, 0.25) is 0 Å². The van der Waals surface area contributed by atoms with E-state index in [0.29, 0.717) is 5.92 Å². The number of halogens is 1. The average Bonchev–Trinajstić information content (AvgIpc) is 2.99. The number of rotatable bonds is 4. The molecule has 0 aliphatic rings. The zero-order valence-corrected chi connectivity index (χ0v) is 13.7. The summed E-state index contributed by atoms with van der Waals surface area (Å²) in [5, 5.41) is 0. The van der Waals surface area contributed by atoms with Crippen LogP contribution in [0.4, 0.5) is 5.69 Å².